The lowest BCUT2D eigenvalue weighted by atomic mass is 9.77. The first-order chi connectivity index (χ1) is 9.33. The minimum atomic E-state index is 0.234. The second kappa shape index (κ2) is 6.11. The number of rotatable bonds is 2. The van der Waals surface area contributed by atoms with Gasteiger partial charge in [0.25, 0.3) is 0 Å². The highest BCUT2D eigenvalue weighted by Gasteiger charge is 2.41. The normalized spacial score (nSPS) is 36.5. The van der Waals surface area contributed by atoms with Gasteiger partial charge in [-0.05, 0) is 45.1 Å². The maximum atomic E-state index is 6.24. The van der Waals surface area contributed by atoms with Gasteiger partial charge in [0.1, 0.15) is 0 Å². The van der Waals surface area contributed by atoms with E-state index in [0.717, 1.165) is 19.2 Å². The number of piperidine rings is 1. The van der Waals surface area contributed by atoms with Crippen molar-refractivity contribution in [1.29, 1.82) is 0 Å². The molecule has 0 aromatic carbocycles. The summed E-state index contributed by atoms with van der Waals surface area (Å²) in [5, 5.41) is 0. The van der Waals surface area contributed by atoms with Gasteiger partial charge in [0.05, 0.1) is 5.60 Å². The molecule has 19 heavy (non-hydrogen) atoms. The van der Waals surface area contributed by atoms with Crippen LogP contribution in [0, 0.1) is 0 Å². The zero-order valence-corrected chi connectivity index (χ0v) is 12.3. The number of likely N-dealkylation sites (tertiary alicyclic amines) is 1. The van der Waals surface area contributed by atoms with Crippen LogP contribution < -0.4 is 5.73 Å². The fourth-order valence-corrected chi connectivity index (χ4v) is 4.59. The van der Waals surface area contributed by atoms with Gasteiger partial charge >= 0.3 is 0 Å². The van der Waals surface area contributed by atoms with E-state index in [4.69, 9.17) is 10.5 Å². The highest BCUT2D eigenvalue weighted by atomic mass is 16.5. The molecule has 3 heteroatoms. The lowest BCUT2D eigenvalue weighted by Gasteiger charge is -2.49. The van der Waals surface area contributed by atoms with Gasteiger partial charge in [-0.15, -0.1) is 0 Å². The first-order valence-corrected chi connectivity index (χ1v) is 8.43. The van der Waals surface area contributed by atoms with E-state index in [0.29, 0.717) is 6.04 Å². The van der Waals surface area contributed by atoms with Crippen molar-refractivity contribution in [1.82, 2.24) is 4.90 Å². The third-order valence-corrected chi connectivity index (χ3v) is 5.65. The van der Waals surface area contributed by atoms with Gasteiger partial charge < -0.3 is 10.5 Å². The molecule has 3 aliphatic rings. The summed E-state index contributed by atoms with van der Waals surface area (Å²) in [5.74, 6) is 0. The molecule has 0 bridgehead atoms. The summed E-state index contributed by atoms with van der Waals surface area (Å²) in [5.41, 5.74) is 6.23. The first-order valence-electron chi connectivity index (χ1n) is 8.43. The molecule has 110 valence electrons. The average molecular weight is 266 g/mol. The van der Waals surface area contributed by atoms with Crippen LogP contribution in [-0.2, 0) is 4.74 Å². The van der Waals surface area contributed by atoms with Crippen molar-refractivity contribution in [3.05, 3.63) is 0 Å². The van der Waals surface area contributed by atoms with E-state index in [2.05, 4.69) is 4.90 Å². The smallest absolute Gasteiger partial charge is 0.0697 e. The molecule has 0 aromatic rings. The summed E-state index contributed by atoms with van der Waals surface area (Å²) < 4.78 is 6.24. The van der Waals surface area contributed by atoms with Crippen LogP contribution in [0.5, 0.6) is 0 Å². The molecule has 2 saturated heterocycles. The molecule has 2 N–H and O–H groups in total. The number of hydrogen-bond donors (Lipinski definition) is 1. The second-order valence-electron chi connectivity index (χ2n) is 6.86. The largest absolute Gasteiger partial charge is 0.375 e. The Bertz CT molecular complexity index is 283. The van der Waals surface area contributed by atoms with Gasteiger partial charge in [-0.2, -0.15) is 0 Å². The molecule has 0 radical (unpaired) electrons. The Hall–Kier alpha value is -0.120. The molecule has 0 amide bonds. The van der Waals surface area contributed by atoms with Gasteiger partial charge in [-0.3, -0.25) is 4.90 Å². The molecule has 1 aliphatic carbocycles. The molecular formula is C16H30N2O. The van der Waals surface area contributed by atoms with Gasteiger partial charge in [0.2, 0.25) is 0 Å². The highest BCUT2D eigenvalue weighted by molar-refractivity contribution is 4.95. The van der Waals surface area contributed by atoms with Crippen molar-refractivity contribution < 1.29 is 4.74 Å². The first kappa shape index (κ1) is 13.8. The Morgan fingerprint density at radius 1 is 1.05 bits per heavy atom. The number of nitrogens with zero attached hydrogens (tertiary/aromatic N) is 1. The summed E-state index contributed by atoms with van der Waals surface area (Å²) >= 11 is 0. The molecule has 2 aliphatic heterocycles. The van der Waals surface area contributed by atoms with Crippen LogP contribution in [0.15, 0.2) is 0 Å². The van der Waals surface area contributed by atoms with Crippen molar-refractivity contribution in [3.63, 3.8) is 0 Å². The molecule has 0 aromatic heterocycles. The molecule has 2 unspecified atom stereocenters. The van der Waals surface area contributed by atoms with Crippen LogP contribution in [0.3, 0.4) is 0 Å². The van der Waals surface area contributed by atoms with Crippen molar-refractivity contribution in [2.75, 3.05) is 19.7 Å². The maximum Gasteiger partial charge on any atom is 0.0697 e. The minimum absolute atomic E-state index is 0.234. The van der Waals surface area contributed by atoms with Crippen molar-refractivity contribution in [2.45, 2.75) is 81.9 Å². The third-order valence-electron chi connectivity index (χ3n) is 5.65. The summed E-state index contributed by atoms with van der Waals surface area (Å²) in [7, 11) is 0. The fourth-order valence-electron chi connectivity index (χ4n) is 4.59. The van der Waals surface area contributed by atoms with Crippen LogP contribution in [0.1, 0.15) is 64.2 Å². The molecular weight excluding hydrogens is 236 g/mol. The zero-order valence-electron chi connectivity index (χ0n) is 12.3. The second-order valence-corrected chi connectivity index (χ2v) is 6.86. The van der Waals surface area contributed by atoms with Crippen LogP contribution in [0.25, 0.3) is 0 Å². The predicted octanol–water partition coefficient (Wildman–Crippen LogP) is 2.68. The van der Waals surface area contributed by atoms with Crippen molar-refractivity contribution >= 4 is 0 Å². The Balaban J connectivity index is 1.66. The molecule has 2 heterocycles. The van der Waals surface area contributed by atoms with Crippen LogP contribution >= 0.6 is 0 Å². The topological polar surface area (TPSA) is 38.5 Å². The van der Waals surface area contributed by atoms with E-state index >= 15 is 0 Å². The van der Waals surface area contributed by atoms with E-state index in [9.17, 15) is 0 Å². The van der Waals surface area contributed by atoms with E-state index in [1.807, 2.05) is 0 Å². The van der Waals surface area contributed by atoms with E-state index in [1.54, 1.807) is 0 Å². The standard InChI is InChI=1S/C16H30N2O/c17-13-15-6-2-5-10-18(15)14-7-11-19-16(12-14)8-3-1-4-9-16/h14-15H,1-13,17H2. The maximum absolute atomic E-state index is 6.24. The van der Waals surface area contributed by atoms with Gasteiger partial charge in [0, 0.05) is 25.2 Å². The van der Waals surface area contributed by atoms with E-state index in [1.165, 1.54) is 70.8 Å². The highest BCUT2D eigenvalue weighted by Crippen LogP contribution is 2.40. The SMILES string of the molecule is NCC1CCCCN1C1CCOC2(CCCCC2)C1. The Morgan fingerprint density at radius 3 is 2.68 bits per heavy atom. The van der Waals surface area contributed by atoms with Crippen LogP contribution in [-0.4, -0.2) is 42.3 Å². The van der Waals surface area contributed by atoms with Gasteiger partial charge in [-0.1, -0.05) is 25.7 Å². The average Bonchev–Trinajstić information content (AvgIpc) is 2.48. The molecule has 2 atom stereocenters. The Kier molecular flexibility index (Phi) is 4.45. The van der Waals surface area contributed by atoms with Crippen LogP contribution in [0.4, 0.5) is 0 Å². The molecule has 3 fully saturated rings. The van der Waals surface area contributed by atoms with Crippen molar-refractivity contribution in [3.8, 4) is 0 Å². The van der Waals surface area contributed by atoms with Crippen LogP contribution in [0.2, 0.25) is 0 Å². The lowest BCUT2D eigenvalue weighted by Crippen LogP contribution is -2.55. The summed E-state index contributed by atoms with van der Waals surface area (Å²) in [6.07, 6.45) is 13.3. The summed E-state index contributed by atoms with van der Waals surface area (Å²) in [6, 6.07) is 1.37. The Labute approximate surface area is 117 Å². The third kappa shape index (κ3) is 2.98. The minimum Gasteiger partial charge on any atom is -0.375 e. The number of ether oxygens (including phenoxy) is 1. The number of nitrogens with two attached hydrogens (primary N) is 1. The fraction of sp³-hybridized carbons (Fsp3) is 1.00. The monoisotopic (exact) mass is 266 g/mol. The Morgan fingerprint density at radius 2 is 1.89 bits per heavy atom. The zero-order chi connectivity index (χ0) is 13.1. The quantitative estimate of drug-likeness (QED) is 0.835. The molecule has 3 nitrogen and oxygen atoms in total. The number of hydrogen-bond acceptors (Lipinski definition) is 3. The van der Waals surface area contributed by atoms with Gasteiger partial charge in [0.15, 0.2) is 0 Å². The van der Waals surface area contributed by atoms with E-state index < -0.39 is 0 Å². The molecule has 1 spiro atoms. The lowest BCUT2D eigenvalue weighted by molar-refractivity contribution is -0.130. The van der Waals surface area contributed by atoms with E-state index in [-0.39, 0.29) is 5.60 Å². The predicted molar refractivity (Wildman–Crippen MR) is 78.2 cm³/mol. The molecule has 1 saturated carbocycles. The summed E-state index contributed by atoms with van der Waals surface area (Å²) in [6.45, 7) is 3.07. The van der Waals surface area contributed by atoms with Crippen molar-refractivity contribution in [2.24, 2.45) is 5.73 Å². The summed E-state index contributed by atoms with van der Waals surface area (Å²) in [4.78, 5) is 2.74. The van der Waals surface area contributed by atoms with Gasteiger partial charge in [-0.25, -0.2) is 0 Å². The molecule has 3 rings (SSSR count).